The molecule has 0 aliphatic carbocycles. The Morgan fingerprint density at radius 1 is 1.62 bits per heavy atom. The first-order valence-electron chi connectivity index (χ1n) is 5.38. The monoisotopic (exact) mass is 226 g/mol. The van der Waals surface area contributed by atoms with Crippen molar-refractivity contribution >= 4 is 5.91 Å². The maximum absolute atomic E-state index is 11.4. The average molecular weight is 226 g/mol. The van der Waals surface area contributed by atoms with Gasteiger partial charge in [-0.3, -0.25) is 4.79 Å². The van der Waals surface area contributed by atoms with Crippen molar-refractivity contribution in [2.75, 3.05) is 13.2 Å². The summed E-state index contributed by atoms with van der Waals surface area (Å²) in [6, 6.07) is 1.75. The van der Waals surface area contributed by atoms with Crippen LogP contribution >= 0.6 is 0 Å². The van der Waals surface area contributed by atoms with Gasteiger partial charge in [-0.05, 0) is 20.8 Å². The van der Waals surface area contributed by atoms with Gasteiger partial charge >= 0.3 is 0 Å². The fraction of sp³-hybridized carbons (Fsp3) is 0.636. The predicted octanol–water partition coefficient (Wildman–Crippen LogP) is 1.07. The van der Waals surface area contributed by atoms with Gasteiger partial charge in [-0.2, -0.15) is 0 Å². The van der Waals surface area contributed by atoms with E-state index in [1.54, 1.807) is 13.0 Å². The van der Waals surface area contributed by atoms with Gasteiger partial charge in [-0.25, -0.2) is 0 Å². The van der Waals surface area contributed by atoms with E-state index in [1.807, 2.05) is 13.8 Å². The molecule has 0 atom stereocenters. The topological polar surface area (TPSA) is 64.4 Å². The molecule has 0 saturated heterocycles. The summed E-state index contributed by atoms with van der Waals surface area (Å²) in [5.74, 6) is 0.645. The van der Waals surface area contributed by atoms with Gasteiger partial charge < -0.3 is 14.6 Å². The summed E-state index contributed by atoms with van der Waals surface area (Å²) in [7, 11) is 0. The average Bonchev–Trinajstić information content (AvgIpc) is 2.58. The molecule has 0 spiro atoms. The number of hydrogen-bond donors (Lipinski definition) is 1. The van der Waals surface area contributed by atoms with Gasteiger partial charge in [0.1, 0.15) is 5.76 Å². The van der Waals surface area contributed by atoms with Crippen molar-refractivity contribution in [1.82, 2.24) is 10.5 Å². The van der Waals surface area contributed by atoms with E-state index in [0.717, 1.165) is 0 Å². The smallest absolute Gasteiger partial charge is 0.226 e. The van der Waals surface area contributed by atoms with E-state index in [9.17, 15) is 4.79 Å². The number of carbonyl (C=O) groups is 1. The van der Waals surface area contributed by atoms with E-state index in [1.165, 1.54) is 0 Å². The number of rotatable bonds is 6. The molecule has 0 unspecified atom stereocenters. The quantitative estimate of drug-likeness (QED) is 0.737. The molecule has 0 aliphatic rings. The second-order valence-corrected chi connectivity index (χ2v) is 3.88. The lowest BCUT2D eigenvalue weighted by atomic mass is 10.3. The minimum atomic E-state index is -0.0688. The van der Waals surface area contributed by atoms with Crippen LogP contribution < -0.4 is 5.32 Å². The zero-order chi connectivity index (χ0) is 12.0. The van der Waals surface area contributed by atoms with Gasteiger partial charge in [0.25, 0.3) is 0 Å². The molecule has 1 heterocycles. The standard InChI is InChI=1S/C11H18N2O3/c1-8(2)15-5-4-12-11(14)7-10-6-9(3)16-13-10/h6,8H,4-5,7H2,1-3H3,(H,12,14). The Hall–Kier alpha value is -1.36. The zero-order valence-corrected chi connectivity index (χ0v) is 9.95. The Labute approximate surface area is 95.1 Å². The Kier molecular flexibility index (Phi) is 4.98. The van der Waals surface area contributed by atoms with Crippen molar-refractivity contribution < 1.29 is 14.1 Å². The summed E-state index contributed by atoms with van der Waals surface area (Å²) in [6.45, 7) is 6.76. The fourth-order valence-electron chi connectivity index (χ4n) is 1.21. The molecule has 1 aromatic rings. The SMILES string of the molecule is Cc1cc(CC(=O)NCCOC(C)C)no1. The summed E-state index contributed by atoms with van der Waals surface area (Å²) in [5, 5.41) is 6.50. The molecular weight excluding hydrogens is 208 g/mol. The number of nitrogens with zero attached hydrogens (tertiary/aromatic N) is 1. The van der Waals surface area contributed by atoms with E-state index in [4.69, 9.17) is 9.26 Å². The summed E-state index contributed by atoms with van der Waals surface area (Å²) < 4.78 is 10.2. The maximum Gasteiger partial charge on any atom is 0.226 e. The van der Waals surface area contributed by atoms with Crippen LogP contribution in [-0.2, 0) is 16.0 Å². The highest BCUT2D eigenvalue weighted by molar-refractivity contribution is 5.78. The molecule has 0 radical (unpaired) electrons. The first-order chi connectivity index (χ1) is 7.58. The van der Waals surface area contributed by atoms with Gasteiger partial charge in [-0.15, -0.1) is 0 Å². The van der Waals surface area contributed by atoms with Crippen molar-refractivity contribution in [2.45, 2.75) is 33.3 Å². The summed E-state index contributed by atoms with van der Waals surface area (Å²) >= 11 is 0. The van der Waals surface area contributed by atoms with Gasteiger partial charge in [0, 0.05) is 12.6 Å². The zero-order valence-electron chi connectivity index (χ0n) is 9.95. The van der Waals surface area contributed by atoms with Crippen LogP contribution in [-0.4, -0.2) is 30.3 Å². The van der Waals surface area contributed by atoms with Gasteiger partial charge in [0.05, 0.1) is 24.8 Å². The number of amides is 1. The third kappa shape index (κ3) is 4.93. The maximum atomic E-state index is 11.4. The highest BCUT2D eigenvalue weighted by Gasteiger charge is 2.06. The second-order valence-electron chi connectivity index (χ2n) is 3.88. The molecule has 5 heteroatoms. The molecular formula is C11H18N2O3. The minimum absolute atomic E-state index is 0.0688. The molecule has 0 aliphatic heterocycles. The lowest BCUT2D eigenvalue weighted by Gasteiger charge is -2.07. The van der Waals surface area contributed by atoms with Gasteiger partial charge in [0.2, 0.25) is 5.91 Å². The van der Waals surface area contributed by atoms with E-state index in [-0.39, 0.29) is 18.4 Å². The highest BCUT2D eigenvalue weighted by Crippen LogP contribution is 2.01. The number of aromatic nitrogens is 1. The predicted molar refractivity (Wildman–Crippen MR) is 59.0 cm³/mol. The van der Waals surface area contributed by atoms with Crippen LogP contribution in [0.1, 0.15) is 25.3 Å². The lowest BCUT2D eigenvalue weighted by Crippen LogP contribution is -2.29. The van der Waals surface area contributed by atoms with Crippen LogP contribution in [0.4, 0.5) is 0 Å². The largest absolute Gasteiger partial charge is 0.377 e. The van der Waals surface area contributed by atoms with Crippen molar-refractivity contribution in [3.05, 3.63) is 17.5 Å². The Morgan fingerprint density at radius 3 is 2.94 bits per heavy atom. The van der Waals surface area contributed by atoms with Crippen molar-refractivity contribution in [3.8, 4) is 0 Å². The molecule has 0 saturated carbocycles. The Balaban J connectivity index is 2.16. The van der Waals surface area contributed by atoms with Crippen molar-refractivity contribution in [1.29, 1.82) is 0 Å². The van der Waals surface area contributed by atoms with Crippen LogP contribution in [0.25, 0.3) is 0 Å². The van der Waals surface area contributed by atoms with E-state index in [0.29, 0.717) is 24.6 Å². The summed E-state index contributed by atoms with van der Waals surface area (Å²) in [6.07, 6.45) is 0.439. The van der Waals surface area contributed by atoms with Crippen molar-refractivity contribution in [2.24, 2.45) is 0 Å². The van der Waals surface area contributed by atoms with Crippen LogP contribution in [0.3, 0.4) is 0 Å². The number of carbonyl (C=O) groups excluding carboxylic acids is 1. The molecule has 1 N–H and O–H groups in total. The van der Waals surface area contributed by atoms with Crippen molar-refractivity contribution in [3.63, 3.8) is 0 Å². The van der Waals surface area contributed by atoms with E-state index < -0.39 is 0 Å². The second kappa shape index (κ2) is 6.27. The number of nitrogens with one attached hydrogen (secondary N) is 1. The lowest BCUT2D eigenvalue weighted by molar-refractivity contribution is -0.120. The molecule has 0 aromatic carbocycles. The normalized spacial score (nSPS) is 10.8. The van der Waals surface area contributed by atoms with E-state index in [2.05, 4.69) is 10.5 Å². The van der Waals surface area contributed by atoms with Crippen LogP contribution in [0.15, 0.2) is 10.6 Å². The molecule has 0 bridgehead atoms. The van der Waals surface area contributed by atoms with Gasteiger partial charge in [0.15, 0.2) is 0 Å². The molecule has 1 rings (SSSR count). The first kappa shape index (κ1) is 12.7. The van der Waals surface area contributed by atoms with Crippen LogP contribution in [0.5, 0.6) is 0 Å². The first-order valence-corrected chi connectivity index (χ1v) is 5.38. The molecule has 90 valence electrons. The summed E-state index contributed by atoms with van der Waals surface area (Å²) in [5.41, 5.74) is 0.653. The molecule has 0 fully saturated rings. The van der Waals surface area contributed by atoms with Crippen LogP contribution in [0.2, 0.25) is 0 Å². The minimum Gasteiger partial charge on any atom is -0.377 e. The highest BCUT2D eigenvalue weighted by atomic mass is 16.5. The Morgan fingerprint density at radius 2 is 2.38 bits per heavy atom. The van der Waals surface area contributed by atoms with Gasteiger partial charge in [-0.1, -0.05) is 5.16 Å². The molecule has 5 nitrogen and oxygen atoms in total. The van der Waals surface area contributed by atoms with Crippen LogP contribution in [0, 0.1) is 6.92 Å². The molecule has 1 amide bonds. The number of ether oxygens (including phenoxy) is 1. The summed E-state index contributed by atoms with van der Waals surface area (Å²) in [4.78, 5) is 11.4. The number of hydrogen-bond acceptors (Lipinski definition) is 4. The third-order valence-electron chi connectivity index (χ3n) is 1.89. The number of aryl methyl sites for hydroxylation is 1. The molecule has 1 aromatic heterocycles. The van der Waals surface area contributed by atoms with E-state index >= 15 is 0 Å². The fourth-order valence-corrected chi connectivity index (χ4v) is 1.21. The third-order valence-corrected chi connectivity index (χ3v) is 1.89. The Bertz CT molecular complexity index is 334. The molecule has 16 heavy (non-hydrogen) atoms.